The molecule has 122 valence electrons. The van der Waals surface area contributed by atoms with Crippen LogP contribution in [-0.2, 0) is 0 Å². The van der Waals surface area contributed by atoms with Gasteiger partial charge in [-0.1, -0.05) is 66.2 Å². The Morgan fingerprint density at radius 2 is 1.40 bits per heavy atom. The third kappa shape index (κ3) is 2.99. The standard InChI is InChI=1S/C23H20N2/c1-16-12-14-19(15-13-16)24-23-17(2)22(18-8-4-3-5-9-18)25-21-11-7-6-10-20(21)23/h3-15H,1-2H3,(H,24,25). The van der Waals surface area contributed by atoms with Crippen molar-refractivity contribution in [2.75, 3.05) is 5.32 Å². The molecule has 0 amide bonds. The predicted octanol–water partition coefficient (Wildman–Crippen LogP) is 6.26. The lowest BCUT2D eigenvalue weighted by molar-refractivity contribution is 1.32. The highest BCUT2D eigenvalue weighted by Crippen LogP contribution is 2.35. The van der Waals surface area contributed by atoms with Gasteiger partial charge in [0.25, 0.3) is 0 Å². The first kappa shape index (κ1) is 15.4. The van der Waals surface area contributed by atoms with E-state index in [1.165, 1.54) is 5.56 Å². The molecule has 2 nitrogen and oxygen atoms in total. The number of aromatic nitrogens is 1. The van der Waals surface area contributed by atoms with Gasteiger partial charge < -0.3 is 5.32 Å². The smallest absolute Gasteiger partial charge is 0.0759 e. The van der Waals surface area contributed by atoms with Crippen LogP contribution in [0.1, 0.15) is 11.1 Å². The number of anilines is 2. The van der Waals surface area contributed by atoms with Crippen molar-refractivity contribution >= 4 is 22.3 Å². The van der Waals surface area contributed by atoms with Crippen LogP contribution in [0.5, 0.6) is 0 Å². The van der Waals surface area contributed by atoms with Crippen molar-refractivity contribution in [1.29, 1.82) is 0 Å². The number of benzene rings is 3. The number of para-hydroxylation sites is 1. The summed E-state index contributed by atoms with van der Waals surface area (Å²) in [5.41, 5.74) is 7.78. The third-order valence-corrected chi connectivity index (χ3v) is 4.50. The molecule has 25 heavy (non-hydrogen) atoms. The Morgan fingerprint density at radius 3 is 2.16 bits per heavy atom. The van der Waals surface area contributed by atoms with Gasteiger partial charge in [-0.25, -0.2) is 4.98 Å². The lowest BCUT2D eigenvalue weighted by Crippen LogP contribution is -1.99. The van der Waals surface area contributed by atoms with Crippen molar-refractivity contribution in [2.24, 2.45) is 0 Å². The van der Waals surface area contributed by atoms with Crippen LogP contribution < -0.4 is 5.32 Å². The second kappa shape index (κ2) is 6.40. The molecule has 0 spiro atoms. The number of rotatable bonds is 3. The molecule has 1 heterocycles. The molecule has 0 aliphatic rings. The number of aryl methyl sites for hydroxylation is 1. The Morgan fingerprint density at radius 1 is 0.720 bits per heavy atom. The maximum Gasteiger partial charge on any atom is 0.0759 e. The van der Waals surface area contributed by atoms with Gasteiger partial charge in [-0.3, -0.25) is 0 Å². The minimum atomic E-state index is 1.00. The van der Waals surface area contributed by atoms with Crippen LogP contribution in [0, 0.1) is 13.8 Å². The zero-order chi connectivity index (χ0) is 17.2. The molecule has 4 aromatic rings. The topological polar surface area (TPSA) is 24.9 Å². The Hall–Kier alpha value is -3.13. The molecule has 1 N–H and O–H groups in total. The van der Waals surface area contributed by atoms with Gasteiger partial charge in [0.15, 0.2) is 0 Å². The van der Waals surface area contributed by atoms with Gasteiger partial charge in [-0.15, -0.1) is 0 Å². The number of hydrogen-bond donors (Lipinski definition) is 1. The Labute approximate surface area is 148 Å². The minimum Gasteiger partial charge on any atom is -0.355 e. The molecule has 0 saturated heterocycles. The first-order chi connectivity index (χ1) is 12.2. The highest BCUT2D eigenvalue weighted by Gasteiger charge is 2.13. The quantitative estimate of drug-likeness (QED) is 0.481. The molecule has 0 aliphatic carbocycles. The fraction of sp³-hybridized carbons (Fsp3) is 0.0870. The molecular weight excluding hydrogens is 304 g/mol. The summed E-state index contributed by atoms with van der Waals surface area (Å²) >= 11 is 0. The van der Waals surface area contributed by atoms with Gasteiger partial charge in [0.05, 0.1) is 16.9 Å². The summed E-state index contributed by atoms with van der Waals surface area (Å²) in [5, 5.41) is 4.75. The summed E-state index contributed by atoms with van der Waals surface area (Å²) in [6.07, 6.45) is 0. The molecule has 0 fully saturated rings. The van der Waals surface area contributed by atoms with Crippen LogP contribution in [0.2, 0.25) is 0 Å². The highest BCUT2D eigenvalue weighted by molar-refractivity contribution is 5.97. The number of pyridine rings is 1. The van der Waals surface area contributed by atoms with E-state index in [4.69, 9.17) is 4.98 Å². The van der Waals surface area contributed by atoms with Gasteiger partial charge in [0.1, 0.15) is 0 Å². The minimum absolute atomic E-state index is 1.00. The van der Waals surface area contributed by atoms with Gasteiger partial charge in [-0.05, 0) is 37.6 Å². The molecule has 0 atom stereocenters. The molecule has 0 aliphatic heterocycles. The average molecular weight is 324 g/mol. The van der Waals surface area contributed by atoms with Crippen LogP contribution in [0.4, 0.5) is 11.4 Å². The summed E-state index contributed by atoms with van der Waals surface area (Å²) in [7, 11) is 0. The molecule has 0 bridgehead atoms. The summed E-state index contributed by atoms with van der Waals surface area (Å²) < 4.78 is 0. The van der Waals surface area contributed by atoms with E-state index in [0.717, 1.165) is 39.1 Å². The van der Waals surface area contributed by atoms with Crippen molar-refractivity contribution < 1.29 is 0 Å². The first-order valence-electron chi connectivity index (χ1n) is 8.51. The van der Waals surface area contributed by atoms with Crippen LogP contribution in [-0.4, -0.2) is 4.98 Å². The average Bonchev–Trinajstić information content (AvgIpc) is 2.66. The Kier molecular flexibility index (Phi) is 3.95. The van der Waals surface area contributed by atoms with E-state index in [0.29, 0.717) is 0 Å². The van der Waals surface area contributed by atoms with Crippen molar-refractivity contribution in [3.05, 3.63) is 90.0 Å². The normalized spacial score (nSPS) is 10.8. The van der Waals surface area contributed by atoms with Gasteiger partial charge in [-0.2, -0.15) is 0 Å². The number of nitrogens with zero attached hydrogens (tertiary/aromatic N) is 1. The molecule has 3 aromatic carbocycles. The predicted molar refractivity (Wildman–Crippen MR) is 106 cm³/mol. The maximum atomic E-state index is 4.92. The summed E-state index contributed by atoms with van der Waals surface area (Å²) in [6, 6.07) is 27.1. The largest absolute Gasteiger partial charge is 0.355 e. The summed E-state index contributed by atoms with van der Waals surface area (Å²) in [4.78, 5) is 4.92. The van der Waals surface area contributed by atoms with Crippen LogP contribution in [0.15, 0.2) is 78.9 Å². The van der Waals surface area contributed by atoms with Crippen molar-refractivity contribution in [2.45, 2.75) is 13.8 Å². The van der Waals surface area contributed by atoms with Crippen molar-refractivity contribution in [3.8, 4) is 11.3 Å². The van der Waals surface area contributed by atoms with E-state index < -0.39 is 0 Å². The van der Waals surface area contributed by atoms with Crippen molar-refractivity contribution in [1.82, 2.24) is 4.98 Å². The number of hydrogen-bond acceptors (Lipinski definition) is 2. The van der Waals surface area contributed by atoms with Gasteiger partial charge >= 0.3 is 0 Å². The monoisotopic (exact) mass is 324 g/mol. The van der Waals surface area contributed by atoms with E-state index >= 15 is 0 Å². The fourth-order valence-electron chi connectivity index (χ4n) is 3.13. The van der Waals surface area contributed by atoms with E-state index in [1.54, 1.807) is 0 Å². The van der Waals surface area contributed by atoms with E-state index in [2.05, 4.69) is 85.9 Å². The molecular formula is C23H20N2. The maximum absolute atomic E-state index is 4.92. The molecule has 0 radical (unpaired) electrons. The second-order valence-corrected chi connectivity index (χ2v) is 6.33. The summed E-state index contributed by atoms with van der Waals surface area (Å²) in [5.74, 6) is 0. The van der Waals surface area contributed by atoms with Gasteiger partial charge in [0.2, 0.25) is 0 Å². The molecule has 2 heteroatoms. The SMILES string of the molecule is Cc1ccc(Nc2c(C)c(-c3ccccc3)nc3ccccc23)cc1. The lowest BCUT2D eigenvalue weighted by atomic mass is 10.0. The lowest BCUT2D eigenvalue weighted by Gasteiger charge is -2.16. The van der Waals surface area contributed by atoms with E-state index in [9.17, 15) is 0 Å². The van der Waals surface area contributed by atoms with Crippen molar-refractivity contribution in [3.63, 3.8) is 0 Å². The van der Waals surface area contributed by atoms with Crippen LogP contribution >= 0.6 is 0 Å². The Bertz CT molecular complexity index is 1020. The number of nitrogens with one attached hydrogen (secondary N) is 1. The van der Waals surface area contributed by atoms with Gasteiger partial charge in [0, 0.05) is 16.6 Å². The zero-order valence-corrected chi connectivity index (χ0v) is 14.5. The number of fused-ring (bicyclic) bond motifs is 1. The highest BCUT2D eigenvalue weighted by atomic mass is 14.9. The fourth-order valence-corrected chi connectivity index (χ4v) is 3.13. The summed E-state index contributed by atoms with van der Waals surface area (Å²) in [6.45, 7) is 4.24. The molecule has 1 aromatic heterocycles. The van der Waals surface area contributed by atoms with Crippen LogP contribution in [0.3, 0.4) is 0 Å². The Balaban J connectivity index is 1.92. The zero-order valence-electron chi connectivity index (χ0n) is 14.5. The molecule has 0 saturated carbocycles. The third-order valence-electron chi connectivity index (χ3n) is 4.50. The van der Waals surface area contributed by atoms with E-state index in [1.807, 2.05) is 12.1 Å². The molecule has 0 unspecified atom stereocenters. The molecule has 4 rings (SSSR count). The van der Waals surface area contributed by atoms with Crippen LogP contribution in [0.25, 0.3) is 22.2 Å². The van der Waals surface area contributed by atoms with E-state index in [-0.39, 0.29) is 0 Å². The first-order valence-corrected chi connectivity index (χ1v) is 8.51. The second-order valence-electron chi connectivity index (χ2n) is 6.33.